The van der Waals surface area contributed by atoms with Gasteiger partial charge in [0.2, 0.25) is 0 Å². The molecular formula is C20H20N2O. The summed E-state index contributed by atoms with van der Waals surface area (Å²) in [7, 11) is 4.00. The molecule has 0 spiro atoms. The maximum absolute atomic E-state index is 5.49. The minimum atomic E-state index is 0.422. The van der Waals surface area contributed by atoms with Gasteiger partial charge < -0.3 is 9.72 Å². The first-order valence-electron chi connectivity index (χ1n) is 8.22. The predicted octanol–water partition coefficient (Wildman–Crippen LogP) is 3.68. The quantitative estimate of drug-likeness (QED) is 0.743. The summed E-state index contributed by atoms with van der Waals surface area (Å²) in [5, 5.41) is 1.43. The molecule has 0 saturated carbocycles. The molecule has 1 aromatic heterocycles. The zero-order valence-corrected chi connectivity index (χ0v) is 13.5. The van der Waals surface area contributed by atoms with Crippen molar-refractivity contribution in [2.45, 2.75) is 24.9 Å². The highest BCUT2D eigenvalue weighted by Crippen LogP contribution is 2.46. The van der Waals surface area contributed by atoms with Crippen LogP contribution < -0.4 is 4.74 Å². The Morgan fingerprint density at radius 1 is 1.13 bits per heavy atom. The molecule has 2 aromatic carbocycles. The number of H-pyrrole nitrogens is 1. The minimum Gasteiger partial charge on any atom is -0.497 e. The van der Waals surface area contributed by atoms with Gasteiger partial charge in [0.15, 0.2) is 0 Å². The van der Waals surface area contributed by atoms with E-state index in [0.29, 0.717) is 12.0 Å². The van der Waals surface area contributed by atoms with Gasteiger partial charge in [-0.05, 0) is 53.9 Å². The number of nitrogens with one attached hydrogen (secondary N) is 1. The number of hydrogen-bond donors (Lipinski definition) is 1. The molecule has 2 aliphatic rings. The molecule has 1 N–H and O–H groups in total. The van der Waals surface area contributed by atoms with E-state index in [1.165, 1.54) is 33.2 Å². The van der Waals surface area contributed by atoms with Crippen LogP contribution in [0, 0.1) is 0 Å². The molecule has 0 fully saturated rings. The largest absolute Gasteiger partial charge is 0.497 e. The standard InChI is InChI=1S/C20H20N2O/c1-22-11-12-6-7-14(23-2)9-16(12)20-15-4-3-5-17-19(15)13(10-21-17)8-18(20)22/h3-7,9-10,18,20-21H,8,11H2,1-2H3/t18-,20+/m0/s1. The Balaban J connectivity index is 1.80. The van der Waals surface area contributed by atoms with Crippen LogP contribution >= 0.6 is 0 Å². The number of ether oxygens (including phenoxy) is 1. The molecule has 23 heavy (non-hydrogen) atoms. The van der Waals surface area contributed by atoms with Crippen molar-refractivity contribution in [3.63, 3.8) is 0 Å². The molecular weight excluding hydrogens is 284 g/mol. The summed E-state index contributed by atoms with van der Waals surface area (Å²) in [5.74, 6) is 1.38. The summed E-state index contributed by atoms with van der Waals surface area (Å²) in [6.07, 6.45) is 3.30. The average Bonchev–Trinajstić information content (AvgIpc) is 3.00. The van der Waals surface area contributed by atoms with E-state index in [-0.39, 0.29) is 0 Å². The second kappa shape index (κ2) is 4.62. The van der Waals surface area contributed by atoms with Crippen molar-refractivity contribution < 1.29 is 4.74 Å². The molecule has 2 atom stereocenters. The van der Waals surface area contributed by atoms with Crippen molar-refractivity contribution in [2.75, 3.05) is 14.2 Å². The van der Waals surface area contributed by atoms with Crippen molar-refractivity contribution in [1.29, 1.82) is 0 Å². The molecule has 5 rings (SSSR count). The zero-order valence-electron chi connectivity index (χ0n) is 13.5. The summed E-state index contributed by atoms with van der Waals surface area (Å²) < 4.78 is 5.49. The highest BCUT2D eigenvalue weighted by atomic mass is 16.5. The van der Waals surface area contributed by atoms with E-state index < -0.39 is 0 Å². The van der Waals surface area contributed by atoms with Crippen LogP contribution in [0.2, 0.25) is 0 Å². The highest BCUT2D eigenvalue weighted by Gasteiger charge is 2.39. The van der Waals surface area contributed by atoms with Gasteiger partial charge in [0.25, 0.3) is 0 Å². The molecule has 1 aliphatic carbocycles. The lowest BCUT2D eigenvalue weighted by molar-refractivity contribution is 0.193. The highest BCUT2D eigenvalue weighted by molar-refractivity contribution is 5.89. The Labute approximate surface area is 135 Å². The van der Waals surface area contributed by atoms with Crippen LogP contribution in [0.3, 0.4) is 0 Å². The van der Waals surface area contributed by atoms with Crippen molar-refractivity contribution in [1.82, 2.24) is 9.88 Å². The number of fused-ring (bicyclic) bond motifs is 4. The third-order valence-corrected chi connectivity index (χ3v) is 5.64. The Morgan fingerprint density at radius 2 is 2.04 bits per heavy atom. The van der Waals surface area contributed by atoms with E-state index >= 15 is 0 Å². The monoisotopic (exact) mass is 304 g/mol. The Bertz CT molecular complexity index is 911. The summed E-state index contributed by atoms with van der Waals surface area (Å²) in [5.41, 5.74) is 7.03. The van der Waals surface area contributed by atoms with Gasteiger partial charge in [-0.1, -0.05) is 18.2 Å². The summed E-state index contributed by atoms with van der Waals surface area (Å²) in [4.78, 5) is 5.96. The third-order valence-electron chi connectivity index (χ3n) is 5.64. The molecule has 1 aliphatic heterocycles. The molecule has 0 saturated heterocycles. The number of methoxy groups -OCH3 is 1. The van der Waals surface area contributed by atoms with E-state index in [1.807, 2.05) is 0 Å². The number of aromatic nitrogens is 1. The molecule has 3 aromatic rings. The first kappa shape index (κ1) is 13.2. The average molecular weight is 304 g/mol. The molecule has 3 nitrogen and oxygen atoms in total. The maximum atomic E-state index is 5.49. The molecule has 2 heterocycles. The van der Waals surface area contributed by atoms with E-state index in [1.54, 1.807) is 7.11 Å². The van der Waals surface area contributed by atoms with Crippen LogP contribution in [0.4, 0.5) is 0 Å². The number of aromatic amines is 1. The fraction of sp³-hybridized carbons (Fsp3) is 0.300. The van der Waals surface area contributed by atoms with Gasteiger partial charge in [0, 0.05) is 35.6 Å². The van der Waals surface area contributed by atoms with Crippen LogP contribution in [-0.4, -0.2) is 30.1 Å². The van der Waals surface area contributed by atoms with Crippen LogP contribution in [0.15, 0.2) is 42.6 Å². The van der Waals surface area contributed by atoms with Gasteiger partial charge >= 0.3 is 0 Å². The van der Waals surface area contributed by atoms with Gasteiger partial charge in [-0.25, -0.2) is 0 Å². The zero-order chi connectivity index (χ0) is 15.6. The smallest absolute Gasteiger partial charge is 0.119 e. The Hall–Kier alpha value is -2.26. The number of rotatable bonds is 1. The van der Waals surface area contributed by atoms with E-state index in [2.05, 4.69) is 59.5 Å². The van der Waals surface area contributed by atoms with Gasteiger partial charge in [-0.2, -0.15) is 0 Å². The first-order chi connectivity index (χ1) is 11.3. The normalized spacial score (nSPS) is 22.7. The van der Waals surface area contributed by atoms with Crippen molar-refractivity contribution >= 4 is 10.9 Å². The van der Waals surface area contributed by atoms with Crippen LogP contribution in [-0.2, 0) is 13.0 Å². The lowest BCUT2D eigenvalue weighted by Gasteiger charge is -2.43. The molecule has 0 bridgehead atoms. The number of benzene rings is 2. The summed E-state index contributed by atoms with van der Waals surface area (Å²) in [6.45, 7) is 1.01. The third kappa shape index (κ3) is 1.74. The van der Waals surface area contributed by atoms with Crippen molar-refractivity contribution in [3.8, 4) is 5.75 Å². The number of likely N-dealkylation sites (N-methyl/N-ethyl adjacent to an activating group) is 1. The number of hydrogen-bond acceptors (Lipinski definition) is 2. The van der Waals surface area contributed by atoms with E-state index in [9.17, 15) is 0 Å². The Kier molecular flexibility index (Phi) is 2.65. The molecule has 0 radical (unpaired) electrons. The van der Waals surface area contributed by atoms with Gasteiger partial charge in [-0.15, -0.1) is 0 Å². The first-order valence-corrected chi connectivity index (χ1v) is 8.22. The molecule has 3 heteroatoms. The topological polar surface area (TPSA) is 28.3 Å². The fourth-order valence-electron chi connectivity index (χ4n) is 4.56. The van der Waals surface area contributed by atoms with Gasteiger partial charge in [0.05, 0.1) is 7.11 Å². The SMILES string of the molecule is COc1ccc2c(c1)[C@H]1c3cccc4[nH]cc(c34)C[C@@H]1N(C)C2. The second-order valence-corrected chi connectivity index (χ2v) is 6.81. The van der Waals surface area contributed by atoms with Gasteiger partial charge in [0.1, 0.15) is 5.75 Å². The molecule has 0 unspecified atom stereocenters. The number of nitrogens with zero attached hydrogens (tertiary/aromatic N) is 1. The predicted molar refractivity (Wildman–Crippen MR) is 92.1 cm³/mol. The summed E-state index contributed by atoms with van der Waals surface area (Å²) >= 11 is 0. The minimum absolute atomic E-state index is 0.422. The van der Waals surface area contributed by atoms with Crippen molar-refractivity contribution in [2.24, 2.45) is 0 Å². The molecule has 116 valence electrons. The van der Waals surface area contributed by atoms with Gasteiger partial charge in [-0.3, -0.25) is 4.90 Å². The summed E-state index contributed by atoms with van der Waals surface area (Å²) in [6, 6.07) is 13.7. The Morgan fingerprint density at radius 3 is 2.91 bits per heavy atom. The molecule has 0 amide bonds. The van der Waals surface area contributed by atoms with E-state index in [4.69, 9.17) is 4.74 Å². The maximum Gasteiger partial charge on any atom is 0.119 e. The second-order valence-electron chi connectivity index (χ2n) is 6.81. The lowest BCUT2D eigenvalue weighted by atomic mass is 9.72. The van der Waals surface area contributed by atoms with Crippen LogP contribution in [0.1, 0.15) is 28.2 Å². The lowest BCUT2D eigenvalue weighted by Crippen LogP contribution is -2.44. The van der Waals surface area contributed by atoms with Crippen LogP contribution in [0.25, 0.3) is 10.9 Å². The van der Waals surface area contributed by atoms with E-state index in [0.717, 1.165) is 18.7 Å². The van der Waals surface area contributed by atoms with Crippen molar-refractivity contribution in [3.05, 3.63) is 64.8 Å². The van der Waals surface area contributed by atoms with Crippen LogP contribution in [0.5, 0.6) is 5.75 Å². The fourth-order valence-corrected chi connectivity index (χ4v) is 4.56.